The molecule has 2 aliphatic carbocycles. The summed E-state index contributed by atoms with van der Waals surface area (Å²) in [7, 11) is 0. The third-order valence-corrected chi connectivity index (χ3v) is 4.64. The van der Waals surface area contributed by atoms with Gasteiger partial charge in [-0.15, -0.1) is 0 Å². The first-order chi connectivity index (χ1) is 9.83. The Balaban J connectivity index is 2.03. The molecular weight excluding hydrogens is 246 g/mol. The molecule has 1 fully saturated rings. The highest BCUT2D eigenvalue weighted by Gasteiger charge is 2.29. The molecule has 2 aliphatic rings. The predicted octanol–water partition coefficient (Wildman–Crippen LogP) is 4.90. The van der Waals surface area contributed by atoms with Crippen LogP contribution < -0.4 is 0 Å². The van der Waals surface area contributed by atoms with Crippen molar-refractivity contribution in [3.63, 3.8) is 0 Å². The lowest BCUT2D eigenvalue weighted by atomic mass is 9.91. The van der Waals surface area contributed by atoms with Gasteiger partial charge >= 0.3 is 0 Å². The highest BCUT2D eigenvalue weighted by Crippen LogP contribution is 2.42. The Kier molecular flexibility index (Phi) is 3.72. The van der Waals surface area contributed by atoms with Crippen molar-refractivity contribution in [2.24, 2.45) is 11.1 Å². The van der Waals surface area contributed by atoms with Crippen molar-refractivity contribution in [2.75, 3.05) is 0 Å². The average molecular weight is 267 g/mol. The number of nitrogens with zero attached hydrogens (tertiary/aromatic N) is 1. The largest absolute Gasteiger partial charge is 0.411 e. The molecule has 0 atom stereocenters. The summed E-state index contributed by atoms with van der Waals surface area (Å²) in [6, 6.07) is 8.40. The zero-order valence-corrected chi connectivity index (χ0v) is 11.8. The molecule has 0 amide bonds. The van der Waals surface area contributed by atoms with E-state index in [9.17, 15) is 5.21 Å². The van der Waals surface area contributed by atoms with Gasteiger partial charge < -0.3 is 5.21 Å². The Hall–Kier alpha value is -1.83. The summed E-state index contributed by atoms with van der Waals surface area (Å²) in [6.07, 6.45) is 9.05. The van der Waals surface area contributed by atoms with Crippen LogP contribution in [0.25, 0.3) is 11.6 Å². The molecule has 0 bridgehead atoms. The third-order valence-electron chi connectivity index (χ3n) is 4.64. The Morgan fingerprint density at radius 1 is 1.10 bits per heavy atom. The van der Waals surface area contributed by atoms with E-state index in [0.717, 1.165) is 24.1 Å². The van der Waals surface area contributed by atoms with Gasteiger partial charge in [-0.1, -0.05) is 60.5 Å². The van der Waals surface area contributed by atoms with Gasteiger partial charge in [0.05, 0.1) is 5.71 Å². The molecule has 2 heteroatoms. The van der Waals surface area contributed by atoms with E-state index in [1.807, 2.05) is 6.08 Å². The van der Waals surface area contributed by atoms with Crippen LogP contribution in [-0.2, 0) is 0 Å². The quantitative estimate of drug-likeness (QED) is 0.613. The molecule has 1 N–H and O–H groups in total. The van der Waals surface area contributed by atoms with Crippen molar-refractivity contribution in [1.29, 1.82) is 0 Å². The van der Waals surface area contributed by atoms with E-state index in [2.05, 4.69) is 36.0 Å². The highest BCUT2D eigenvalue weighted by molar-refractivity contribution is 6.26. The molecular formula is C18H21NO. The molecule has 0 spiro atoms. The second-order valence-corrected chi connectivity index (χ2v) is 5.75. The maximum Gasteiger partial charge on any atom is 0.0876 e. The highest BCUT2D eigenvalue weighted by atomic mass is 16.4. The Bertz CT molecular complexity index is 560. The topological polar surface area (TPSA) is 32.6 Å². The maximum atomic E-state index is 9.30. The number of rotatable bonds is 3. The van der Waals surface area contributed by atoms with Crippen LogP contribution in [0.3, 0.4) is 0 Å². The summed E-state index contributed by atoms with van der Waals surface area (Å²) >= 11 is 0. The summed E-state index contributed by atoms with van der Waals surface area (Å²) in [5.74, 6) is 0.698. The molecule has 1 aromatic rings. The smallest absolute Gasteiger partial charge is 0.0876 e. The van der Waals surface area contributed by atoms with Crippen LogP contribution in [0.2, 0.25) is 0 Å². The van der Waals surface area contributed by atoms with E-state index in [1.54, 1.807) is 0 Å². The first-order valence-corrected chi connectivity index (χ1v) is 7.50. The fourth-order valence-corrected chi connectivity index (χ4v) is 3.61. The van der Waals surface area contributed by atoms with Crippen molar-refractivity contribution < 1.29 is 5.21 Å². The second-order valence-electron chi connectivity index (χ2n) is 5.75. The average Bonchev–Trinajstić information content (AvgIpc) is 3.15. The zero-order chi connectivity index (χ0) is 13.9. The Labute approximate surface area is 120 Å². The summed E-state index contributed by atoms with van der Waals surface area (Å²) in [4.78, 5) is 0. The van der Waals surface area contributed by atoms with Gasteiger partial charge in [-0.25, -0.2) is 0 Å². The van der Waals surface area contributed by atoms with E-state index in [1.165, 1.54) is 42.4 Å². The molecule has 1 saturated carbocycles. The van der Waals surface area contributed by atoms with E-state index in [0.29, 0.717) is 5.92 Å². The van der Waals surface area contributed by atoms with Crippen molar-refractivity contribution in [3.05, 3.63) is 47.5 Å². The standard InChI is InChI=1S/C18H21NO/c1-2-13-7-9-15(10-8-13)18-16(11-12-17(18)19-20)14-5-3-4-6-14/h2,7-10,14,20H,1,3-6,11-12H2. The van der Waals surface area contributed by atoms with Crippen molar-refractivity contribution >= 4 is 17.4 Å². The second kappa shape index (κ2) is 5.66. The van der Waals surface area contributed by atoms with Crippen LogP contribution in [0.4, 0.5) is 0 Å². The van der Waals surface area contributed by atoms with Crippen molar-refractivity contribution in [2.45, 2.75) is 38.5 Å². The van der Waals surface area contributed by atoms with Gasteiger partial charge in [-0.05, 0) is 42.7 Å². The molecule has 3 rings (SSSR count). The lowest BCUT2D eigenvalue weighted by molar-refractivity contribution is 0.319. The summed E-state index contributed by atoms with van der Waals surface area (Å²) in [5.41, 5.74) is 5.88. The van der Waals surface area contributed by atoms with Gasteiger partial charge in [0.15, 0.2) is 0 Å². The third kappa shape index (κ3) is 2.31. The first-order valence-electron chi connectivity index (χ1n) is 7.50. The van der Waals surface area contributed by atoms with Gasteiger partial charge in [-0.2, -0.15) is 0 Å². The van der Waals surface area contributed by atoms with E-state index >= 15 is 0 Å². The zero-order valence-electron chi connectivity index (χ0n) is 11.8. The van der Waals surface area contributed by atoms with Crippen LogP contribution >= 0.6 is 0 Å². The van der Waals surface area contributed by atoms with Crippen LogP contribution in [0.15, 0.2) is 41.6 Å². The molecule has 0 unspecified atom stereocenters. The molecule has 1 aromatic carbocycles. The molecule has 20 heavy (non-hydrogen) atoms. The monoisotopic (exact) mass is 267 g/mol. The molecule has 0 aliphatic heterocycles. The molecule has 0 aromatic heterocycles. The number of hydrogen-bond acceptors (Lipinski definition) is 2. The predicted molar refractivity (Wildman–Crippen MR) is 83.9 cm³/mol. The first kappa shape index (κ1) is 13.2. The molecule has 0 radical (unpaired) electrons. The molecule has 104 valence electrons. The molecule has 0 saturated heterocycles. The lowest BCUT2D eigenvalue weighted by Gasteiger charge is -2.14. The van der Waals surface area contributed by atoms with Crippen LogP contribution in [0.5, 0.6) is 0 Å². The molecule has 0 heterocycles. The molecule has 2 nitrogen and oxygen atoms in total. The van der Waals surface area contributed by atoms with Gasteiger partial charge in [0.2, 0.25) is 0 Å². The number of benzene rings is 1. The van der Waals surface area contributed by atoms with E-state index < -0.39 is 0 Å². The minimum Gasteiger partial charge on any atom is -0.411 e. The Morgan fingerprint density at radius 3 is 2.40 bits per heavy atom. The number of allylic oxidation sites excluding steroid dienone is 2. The lowest BCUT2D eigenvalue weighted by Crippen LogP contribution is -2.01. The summed E-state index contributed by atoms with van der Waals surface area (Å²) in [6.45, 7) is 3.79. The summed E-state index contributed by atoms with van der Waals surface area (Å²) in [5, 5.41) is 12.8. The van der Waals surface area contributed by atoms with Crippen LogP contribution in [0, 0.1) is 5.92 Å². The Morgan fingerprint density at radius 2 is 1.80 bits per heavy atom. The maximum absolute atomic E-state index is 9.30. The minimum atomic E-state index is 0.698. The summed E-state index contributed by atoms with van der Waals surface area (Å²) < 4.78 is 0. The van der Waals surface area contributed by atoms with Crippen LogP contribution in [0.1, 0.15) is 49.7 Å². The van der Waals surface area contributed by atoms with Gasteiger partial charge in [0.25, 0.3) is 0 Å². The van der Waals surface area contributed by atoms with Gasteiger partial charge in [0, 0.05) is 5.57 Å². The van der Waals surface area contributed by atoms with Gasteiger partial charge in [-0.3, -0.25) is 0 Å². The fourth-order valence-electron chi connectivity index (χ4n) is 3.61. The van der Waals surface area contributed by atoms with Crippen molar-refractivity contribution in [1.82, 2.24) is 0 Å². The van der Waals surface area contributed by atoms with E-state index in [-0.39, 0.29) is 0 Å². The van der Waals surface area contributed by atoms with Crippen molar-refractivity contribution in [3.8, 4) is 0 Å². The fraction of sp³-hybridized carbons (Fsp3) is 0.389. The van der Waals surface area contributed by atoms with Crippen LogP contribution in [-0.4, -0.2) is 10.9 Å². The number of oxime groups is 1. The normalized spacial score (nSPS) is 21.9. The van der Waals surface area contributed by atoms with Gasteiger partial charge in [0.1, 0.15) is 0 Å². The SMILES string of the molecule is C=Cc1ccc(C2=C(C3CCCC3)CCC2=NO)cc1. The van der Waals surface area contributed by atoms with E-state index in [4.69, 9.17) is 0 Å². The minimum absolute atomic E-state index is 0.698. The number of hydrogen-bond donors (Lipinski definition) is 1.